The minimum absolute atomic E-state index is 0.00223. The van der Waals surface area contributed by atoms with Gasteiger partial charge in [0, 0.05) is 12.0 Å². The fraction of sp³-hybridized carbons (Fsp3) is 0.464. The van der Waals surface area contributed by atoms with Gasteiger partial charge in [-0.2, -0.15) is 0 Å². The standard InChI is InChI=1S/C28H30N2O5/c31-26(29-24-13-16-11-17(27(32)33)12-22(16)24)25(15-9-10-15)30-28(34)35-14-23-20-7-3-1-5-18(20)19-6-2-4-8-21(19)23/h1-8,15-17,22-25H,9-14H2,(H,29,31)(H,30,34)(H,32,33)/t16-,17?,22-,24+,25?/m1/s1. The first-order valence-corrected chi connectivity index (χ1v) is 12.6. The molecule has 2 unspecified atom stereocenters. The van der Waals surface area contributed by atoms with Gasteiger partial charge in [-0.3, -0.25) is 9.59 Å². The molecule has 7 heteroatoms. The molecule has 2 aromatic carbocycles. The zero-order valence-corrected chi connectivity index (χ0v) is 19.5. The third-order valence-electron chi connectivity index (χ3n) is 8.49. The van der Waals surface area contributed by atoms with Crippen LogP contribution in [-0.2, 0) is 14.3 Å². The lowest BCUT2D eigenvalue weighted by atomic mass is 9.71. The number of alkyl carbamates (subject to hydrolysis) is 1. The molecule has 0 spiro atoms. The second kappa shape index (κ2) is 8.70. The van der Waals surface area contributed by atoms with E-state index in [9.17, 15) is 19.5 Å². The number of ether oxygens (including phenoxy) is 1. The van der Waals surface area contributed by atoms with Crippen molar-refractivity contribution in [1.29, 1.82) is 0 Å². The Bertz CT molecular complexity index is 1130. The van der Waals surface area contributed by atoms with Crippen molar-refractivity contribution in [2.45, 2.75) is 50.1 Å². The van der Waals surface area contributed by atoms with Crippen LogP contribution in [0.3, 0.4) is 0 Å². The van der Waals surface area contributed by atoms with Gasteiger partial charge >= 0.3 is 12.1 Å². The van der Waals surface area contributed by atoms with E-state index in [0.717, 1.165) is 30.4 Å². The van der Waals surface area contributed by atoms with Crippen LogP contribution < -0.4 is 10.6 Å². The molecular formula is C28H30N2O5. The number of hydrogen-bond donors (Lipinski definition) is 3. The van der Waals surface area contributed by atoms with Crippen LogP contribution >= 0.6 is 0 Å². The molecule has 3 saturated carbocycles. The molecule has 3 fully saturated rings. The van der Waals surface area contributed by atoms with Gasteiger partial charge in [-0.15, -0.1) is 0 Å². The summed E-state index contributed by atoms with van der Waals surface area (Å²) in [6, 6.07) is 15.8. The lowest BCUT2D eigenvalue weighted by Gasteiger charge is -2.41. The zero-order valence-electron chi connectivity index (χ0n) is 19.5. The van der Waals surface area contributed by atoms with E-state index in [0.29, 0.717) is 18.8 Å². The van der Waals surface area contributed by atoms with Gasteiger partial charge in [0.15, 0.2) is 0 Å². The summed E-state index contributed by atoms with van der Waals surface area (Å²) in [5.41, 5.74) is 4.63. The van der Waals surface area contributed by atoms with Gasteiger partial charge in [-0.05, 0) is 72.1 Å². The Hall–Kier alpha value is -3.35. The van der Waals surface area contributed by atoms with Crippen LogP contribution in [0.2, 0.25) is 0 Å². The van der Waals surface area contributed by atoms with E-state index in [1.807, 2.05) is 24.3 Å². The third-order valence-corrected chi connectivity index (χ3v) is 8.49. The Labute approximate surface area is 204 Å². The number of amides is 2. The summed E-state index contributed by atoms with van der Waals surface area (Å²) in [6.07, 6.45) is 3.38. The molecule has 6 rings (SSSR count). The topological polar surface area (TPSA) is 105 Å². The number of aliphatic carboxylic acids is 1. The molecule has 4 aliphatic rings. The number of hydrogen-bond acceptors (Lipinski definition) is 4. The van der Waals surface area contributed by atoms with E-state index in [2.05, 4.69) is 34.9 Å². The van der Waals surface area contributed by atoms with Crippen LogP contribution in [0.25, 0.3) is 11.1 Å². The molecular weight excluding hydrogens is 444 g/mol. The summed E-state index contributed by atoms with van der Waals surface area (Å²) >= 11 is 0. The molecule has 0 aliphatic heterocycles. The molecule has 35 heavy (non-hydrogen) atoms. The van der Waals surface area contributed by atoms with Gasteiger partial charge < -0.3 is 20.5 Å². The largest absolute Gasteiger partial charge is 0.481 e. The van der Waals surface area contributed by atoms with Crippen LogP contribution in [0.4, 0.5) is 4.79 Å². The number of nitrogens with one attached hydrogen (secondary N) is 2. The third kappa shape index (κ3) is 4.07. The molecule has 0 radical (unpaired) electrons. The molecule has 4 aliphatic carbocycles. The number of rotatable bonds is 7. The van der Waals surface area contributed by atoms with E-state index >= 15 is 0 Å². The molecule has 0 saturated heterocycles. The molecule has 0 heterocycles. The second-order valence-electron chi connectivity index (χ2n) is 10.6. The highest BCUT2D eigenvalue weighted by atomic mass is 16.5. The van der Waals surface area contributed by atoms with Gasteiger partial charge in [-0.1, -0.05) is 48.5 Å². The molecule has 182 valence electrons. The second-order valence-corrected chi connectivity index (χ2v) is 10.6. The van der Waals surface area contributed by atoms with Crippen molar-refractivity contribution in [3.05, 3.63) is 59.7 Å². The Morgan fingerprint density at radius 2 is 1.60 bits per heavy atom. The van der Waals surface area contributed by atoms with Gasteiger partial charge in [0.05, 0.1) is 5.92 Å². The lowest BCUT2D eigenvalue weighted by Crippen LogP contribution is -2.56. The van der Waals surface area contributed by atoms with Crippen LogP contribution in [0, 0.1) is 23.7 Å². The fourth-order valence-electron chi connectivity index (χ4n) is 6.46. The van der Waals surface area contributed by atoms with Crippen molar-refractivity contribution in [2.75, 3.05) is 6.61 Å². The maximum atomic E-state index is 13.1. The predicted molar refractivity (Wildman–Crippen MR) is 129 cm³/mol. The first-order chi connectivity index (χ1) is 17.0. The van der Waals surface area contributed by atoms with Crippen molar-refractivity contribution < 1.29 is 24.2 Å². The van der Waals surface area contributed by atoms with Crippen molar-refractivity contribution in [3.8, 4) is 11.1 Å². The molecule has 2 amide bonds. The van der Waals surface area contributed by atoms with E-state index in [1.165, 1.54) is 11.1 Å². The number of carboxylic acids is 1. The SMILES string of the molecule is O=C(NC(C(=O)N[C@H]1C[C@H]2CC(C(=O)O)C[C@H]21)C1CC1)OCC1c2ccccc2-c2ccccc21. The van der Waals surface area contributed by atoms with Crippen molar-refractivity contribution in [1.82, 2.24) is 10.6 Å². The van der Waals surface area contributed by atoms with Crippen LogP contribution in [0.1, 0.15) is 49.1 Å². The lowest BCUT2D eigenvalue weighted by molar-refractivity contribution is -0.141. The maximum absolute atomic E-state index is 13.1. The highest BCUT2D eigenvalue weighted by molar-refractivity contribution is 5.87. The highest BCUT2D eigenvalue weighted by Crippen LogP contribution is 2.50. The predicted octanol–water partition coefficient (Wildman–Crippen LogP) is 3.92. The molecule has 0 bridgehead atoms. The summed E-state index contributed by atoms with van der Waals surface area (Å²) in [4.78, 5) is 37.1. The number of benzene rings is 2. The molecule has 5 atom stereocenters. The van der Waals surface area contributed by atoms with Crippen molar-refractivity contribution >= 4 is 18.0 Å². The number of carbonyl (C=O) groups is 3. The summed E-state index contributed by atoms with van der Waals surface area (Å²) in [5, 5.41) is 15.2. The molecule has 7 nitrogen and oxygen atoms in total. The van der Waals surface area contributed by atoms with E-state index in [4.69, 9.17) is 4.74 Å². The van der Waals surface area contributed by atoms with E-state index < -0.39 is 18.1 Å². The number of carboxylic acid groups (broad SMARTS) is 1. The average Bonchev–Trinajstić information content (AvgIpc) is 3.56. The minimum Gasteiger partial charge on any atom is -0.481 e. The number of fused-ring (bicyclic) bond motifs is 4. The maximum Gasteiger partial charge on any atom is 0.407 e. The quantitative estimate of drug-likeness (QED) is 0.564. The summed E-state index contributed by atoms with van der Waals surface area (Å²) in [7, 11) is 0. The summed E-state index contributed by atoms with van der Waals surface area (Å²) in [5.74, 6) is -0.504. The van der Waals surface area contributed by atoms with Crippen LogP contribution in [0.15, 0.2) is 48.5 Å². The van der Waals surface area contributed by atoms with E-state index in [1.54, 1.807) is 0 Å². The van der Waals surface area contributed by atoms with Gasteiger partial charge in [-0.25, -0.2) is 4.79 Å². The summed E-state index contributed by atoms with van der Waals surface area (Å²) in [6.45, 7) is 0.210. The summed E-state index contributed by atoms with van der Waals surface area (Å²) < 4.78 is 5.66. The van der Waals surface area contributed by atoms with Crippen molar-refractivity contribution in [2.24, 2.45) is 23.7 Å². The smallest absolute Gasteiger partial charge is 0.407 e. The van der Waals surface area contributed by atoms with Gasteiger partial charge in [0.25, 0.3) is 0 Å². The van der Waals surface area contributed by atoms with Crippen molar-refractivity contribution in [3.63, 3.8) is 0 Å². The normalized spacial score (nSPS) is 27.1. The Balaban J connectivity index is 1.06. The first kappa shape index (κ1) is 22.1. The Kier molecular flexibility index (Phi) is 5.50. The van der Waals surface area contributed by atoms with Crippen LogP contribution in [-0.4, -0.2) is 41.8 Å². The van der Waals surface area contributed by atoms with Gasteiger partial charge in [0.2, 0.25) is 5.91 Å². The van der Waals surface area contributed by atoms with Crippen LogP contribution in [0.5, 0.6) is 0 Å². The monoisotopic (exact) mass is 474 g/mol. The molecule has 0 aromatic heterocycles. The molecule has 3 N–H and O–H groups in total. The molecule has 2 aromatic rings. The van der Waals surface area contributed by atoms with E-state index in [-0.39, 0.29) is 42.2 Å². The average molecular weight is 475 g/mol. The number of carbonyl (C=O) groups excluding carboxylic acids is 2. The fourth-order valence-corrected chi connectivity index (χ4v) is 6.46. The first-order valence-electron chi connectivity index (χ1n) is 12.6. The van der Waals surface area contributed by atoms with Gasteiger partial charge in [0.1, 0.15) is 12.6 Å². The Morgan fingerprint density at radius 1 is 0.943 bits per heavy atom. The highest BCUT2D eigenvalue weighted by Gasteiger charge is 2.51. The Morgan fingerprint density at radius 3 is 2.23 bits per heavy atom. The zero-order chi connectivity index (χ0) is 24.1. The minimum atomic E-state index is -0.739.